The number of rotatable bonds is 4. The van der Waals surface area contributed by atoms with Gasteiger partial charge in [-0.25, -0.2) is 0 Å². The fourth-order valence-electron chi connectivity index (χ4n) is 7.41. The highest BCUT2D eigenvalue weighted by atomic mass is 28.3. The van der Waals surface area contributed by atoms with Gasteiger partial charge in [-0.1, -0.05) is 97.1 Å². The topological polar surface area (TPSA) is 46.5 Å². The number of aryl methyl sites for hydroxylation is 1. The molecule has 8 aromatic rings. The van der Waals surface area contributed by atoms with Gasteiger partial charge in [-0.15, -0.1) is 0 Å². The summed E-state index contributed by atoms with van der Waals surface area (Å²) < 4.78 is 2.42. The third-order valence-corrected chi connectivity index (χ3v) is 13.9. The Labute approximate surface area is 256 Å². The first-order valence-electron chi connectivity index (χ1n) is 15.0. The number of aromatic nitrogens is 4. The Morgan fingerprint density at radius 3 is 2.09 bits per heavy atom. The monoisotopic (exact) mass is 580 g/mol. The Morgan fingerprint density at radius 2 is 1.34 bits per heavy atom. The number of hydrogen-bond acceptors (Lipinski definition) is 2. The molecule has 9 rings (SSSR count). The maximum Gasteiger partial charge on any atom is 0.203 e. The fourth-order valence-corrected chi connectivity index (χ4v) is 12.4. The highest BCUT2D eigenvalue weighted by Gasteiger charge is 2.49. The molecule has 0 atom stereocenters. The third kappa shape index (κ3) is 3.44. The second kappa shape index (κ2) is 9.49. The average Bonchev–Trinajstić information content (AvgIpc) is 3.76. The average molecular weight is 581 g/mol. The van der Waals surface area contributed by atoms with Crippen molar-refractivity contribution in [1.29, 1.82) is 0 Å². The number of fused-ring (bicyclic) bond motifs is 6. The molecule has 5 heteroatoms. The van der Waals surface area contributed by atoms with E-state index in [0.717, 1.165) is 28.0 Å². The van der Waals surface area contributed by atoms with Crippen LogP contribution < -0.4 is 20.9 Å². The molecule has 208 valence electrons. The molecule has 0 spiro atoms. The zero-order chi connectivity index (χ0) is 29.3. The van der Waals surface area contributed by atoms with Gasteiger partial charge in [-0.3, -0.25) is 10.1 Å². The van der Waals surface area contributed by atoms with E-state index >= 15 is 0 Å². The quantitative estimate of drug-likeness (QED) is 0.251. The van der Waals surface area contributed by atoms with Crippen LogP contribution in [0.15, 0.2) is 146 Å². The molecular formula is C39H28N4Si. The van der Waals surface area contributed by atoms with E-state index in [9.17, 15) is 0 Å². The minimum Gasteiger partial charge on any atom is -0.309 e. The van der Waals surface area contributed by atoms with Gasteiger partial charge >= 0.3 is 0 Å². The van der Waals surface area contributed by atoms with Crippen LogP contribution in [0.3, 0.4) is 0 Å². The van der Waals surface area contributed by atoms with Crippen LogP contribution in [0.1, 0.15) is 5.69 Å². The van der Waals surface area contributed by atoms with E-state index in [2.05, 4.69) is 148 Å². The summed E-state index contributed by atoms with van der Waals surface area (Å²) in [6.07, 6.45) is 1.95. The second-order valence-electron chi connectivity index (χ2n) is 11.6. The zero-order valence-corrected chi connectivity index (χ0v) is 25.2. The molecule has 0 bridgehead atoms. The van der Waals surface area contributed by atoms with Crippen LogP contribution in [0.4, 0.5) is 0 Å². The first-order chi connectivity index (χ1) is 21.7. The molecule has 3 aromatic heterocycles. The van der Waals surface area contributed by atoms with Crippen molar-refractivity contribution in [3.05, 3.63) is 151 Å². The molecule has 1 aliphatic rings. The third-order valence-electron chi connectivity index (χ3n) is 9.21. The van der Waals surface area contributed by atoms with Crippen LogP contribution in [0.2, 0.25) is 0 Å². The first-order valence-corrected chi connectivity index (χ1v) is 17.0. The van der Waals surface area contributed by atoms with Crippen LogP contribution >= 0.6 is 0 Å². The van der Waals surface area contributed by atoms with Crippen LogP contribution in [0, 0.1) is 6.92 Å². The van der Waals surface area contributed by atoms with Gasteiger partial charge in [0.05, 0.1) is 16.7 Å². The number of benzene rings is 5. The molecule has 0 aliphatic carbocycles. The van der Waals surface area contributed by atoms with E-state index in [0.29, 0.717) is 0 Å². The number of nitrogens with one attached hydrogen (secondary N) is 1. The lowest BCUT2D eigenvalue weighted by Crippen LogP contribution is -2.73. The Hall–Kier alpha value is -5.52. The SMILES string of the molecule is Cc1cc(-c2cccc(-n3c4ccccc4c4ccc([Si]5(c6ccccn6)c6ccccc6-c6ccccc65)cc43)c2)n[nH]1. The lowest BCUT2D eigenvalue weighted by atomic mass is 10.1. The number of hydrogen-bond donors (Lipinski definition) is 1. The van der Waals surface area contributed by atoms with Gasteiger partial charge in [0.15, 0.2) is 0 Å². The highest BCUT2D eigenvalue weighted by molar-refractivity contribution is 7.21. The lowest BCUT2D eigenvalue weighted by Gasteiger charge is -2.30. The normalized spacial score (nSPS) is 13.3. The van der Waals surface area contributed by atoms with Gasteiger partial charge in [0.2, 0.25) is 8.07 Å². The van der Waals surface area contributed by atoms with Gasteiger partial charge in [0.25, 0.3) is 0 Å². The number of H-pyrrole nitrogens is 1. The van der Waals surface area contributed by atoms with Gasteiger partial charge in [0.1, 0.15) is 0 Å². The Bertz CT molecular complexity index is 2320. The second-order valence-corrected chi connectivity index (χ2v) is 15.3. The van der Waals surface area contributed by atoms with Crippen LogP contribution in [0.25, 0.3) is 49.9 Å². The van der Waals surface area contributed by atoms with Gasteiger partial charge in [0, 0.05) is 39.2 Å². The molecule has 0 saturated heterocycles. The fraction of sp³-hybridized carbons (Fsp3) is 0.0256. The summed E-state index contributed by atoms with van der Waals surface area (Å²) in [5.74, 6) is 0. The van der Waals surface area contributed by atoms with Crippen molar-refractivity contribution in [3.63, 3.8) is 0 Å². The Morgan fingerprint density at radius 1 is 0.614 bits per heavy atom. The minimum atomic E-state index is -2.72. The number of pyridine rings is 1. The summed E-state index contributed by atoms with van der Waals surface area (Å²) in [6, 6.07) is 51.1. The number of aromatic amines is 1. The van der Waals surface area contributed by atoms with Crippen molar-refractivity contribution in [1.82, 2.24) is 19.7 Å². The predicted octanol–water partition coefficient (Wildman–Crippen LogP) is 6.24. The Balaban J connectivity index is 1.38. The van der Waals surface area contributed by atoms with Crippen molar-refractivity contribution >= 4 is 50.8 Å². The standard InChI is InChI=1S/C39H28N4Si/c1-26-23-34(42-41-26)27-11-10-12-28(24-27)43-35-16-5-2-13-30(35)31-21-20-29(25-36(31)43)44(39-19-8-9-22-40-39)37-17-6-3-14-32(37)33-15-4-7-18-38(33)44/h2-25H,1H3,(H,41,42). The molecule has 0 radical (unpaired) electrons. The summed E-state index contributed by atoms with van der Waals surface area (Å²) in [7, 11) is -2.72. The van der Waals surface area contributed by atoms with E-state index in [4.69, 9.17) is 4.98 Å². The molecule has 4 nitrogen and oxygen atoms in total. The molecule has 1 N–H and O–H groups in total. The lowest BCUT2D eigenvalue weighted by molar-refractivity contribution is 1.05. The maximum atomic E-state index is 5.10. The summed E-state index contributed by atoms with van der Waals surface area (Å²) >= 11 is 0. The highest BCUT2D eigenvalue weighted by Crippen LogP contribution is 2.34. The van der Waals surface area contributed by atoms with E-state index < -0.39 is 8.07 Å². The van der Waals surface area contributed by atoms with Crippen molar-refractivity contribution < 1.29 is 0 Å². The van der Waals surface area contributed by atoms with Crippen molar-refractivity contribution in [2.75, 3.05) is 0 Å². The molecular weight excluding hydrogens is 553 g/mol. The molecule has 0 amide bonds. The molecule has 5 aromatic carbocycles. The Kier molecular flexibility index (Phi) is 5.40. The number of nitrogens with zero attached hydrogens (tertiary/aromatic N) is 3. The molecule has 1 aliphatic heterocycles. The van der Waals surface area contributed by atoms with Gasteiger partial charge < -0.3 is 4.57 Å². The van der Waals surface area contributed by atoms with E-state index in [1.54, 1.807) is 0 Å². The molecule has 0 unspecified atom stereocenters. The van der Waals surface area contributed by atoms with E-state index in [1.807, 2.05) is 19.2 Å². The maximum absolute atomic E-state index is 5.10. The predicted molar refractivity (Wildman–Crippen MR) is 184 cm³/mol. The van der Waals surface area contributed by atoms with Crippen molar-refractivity contribution in [3.8, 4) is 28.1 Å². The van der Waals surface area contributed by atoms with Crippen LogP contribution in [-0.2, 0) is 0 Å². The molecule has 0 fully saturated rings. The summed E-state index contributed by atoms with van der Waals surface area (Å²) in [5.41, 5.74) is 9.24. The van der Waals surface area contributed by atoms with E-state index in [1.165, 1.54) is 48.5 Å². The smallest absolute Gasteiger partial charge is 0.203 e. The van der Waals surface area contributed by atoms with Crippen LogP contribution in [0.5, 0.6) is 0 Å². The molecule has 0 saturated carbocycles. The summed E-state index contributed by atoms with van der Waals surface area (Å²) in [5, 5.41) is 15.4. The minimum absolute atomic E-state index is 0.950. The first kappa shape index (κ1) is 25.0. The number of para-hydroxylation sites is 1. The van der Waals surface area contributed by atoms with Crippen molar-refractivity contribution in [2.45, 2.75) is 6.92 Å². The zero-order valence-electron chi connectivity index (χ0n) is 24.2. The summed E-state index contributed by atoms with van der Waals surface area (Å²) in [4.78, 5) is 5.10. The van der Waals surface area contributed by atoms with Gasteiger partial charge in [-0.05, 0) is 76.1 Å². The molecule has 44 heavy (non-hydrogen) atoms. The van der Waals surface area contributed by atoms with E-state index in [-0.39, 0.29) is 0 Å². The summed E-state index contributed by atoms with van der Waals surface area (Å²) in [6.45, 7) is 2.04. The van der Waals surface area contributed by atoms with Gasteiger partial charge in [-0.2, -0.15) is 5.10 Å². The largest absolute Gasteiger partial charge is 0.309 e. The van der Waals surface area contributed by atoms with Crippen molar-refractivity contribution in [2.24, 2.45) is 0 Å². The molecule has 4 heterocycles. The van der Waals surface area contributed by atoms with Crippen LogP contribution in [-0.4, -0.2) is 27.8 Å².